The van der Waals surface area contributed by atoms with Crippen molar-refractivity contribution in [2.45, 2.75) is 19.8 Å². The van der Waals surface area contributed by atoms with Gasteiger partial charge in [0, 0.05) is 0 Å². The van der Waals surface area contributed by atoms with Crippen molar-refractivity contribution in [3.8, 4) is 0 Å². The number of hydrogen-bond donors (Lipinski definition) is 0. The lowest BCUT2D eigenvalue weighted by Gasteiger charge is -1.93. The SMILES string of the molecule is CCCCO[C]1CO1. The zero-order valence-electron chi connectivity index (χ0n) is 5.14. The molecule has 0 atom stereocenters. The van der Waals surface area contributed by atoms with Crippen LogP contribution in [0.4, 0.5) is 0 Å². The van der Waals surface area contributed by atoms with Crippen LogP contribution in [0, 0.1) is 6.29 Å². The lowest BCUT2D eigenvalue weighted by Crippen LogP contribution is -1.89. The van der Waals surface area contributed by atoms with Gasteiger partial charge in [-0.3, -0.25) is 0 Å². The van der Waals surface area contributed by atoms with Crippen LogP contribution in [0.2, 0.25) is 0 Å². The predicted octanol–water partition coefficient (Wildman–Crippen LogP) is 1.32. The summed E-state index contributed by atoms with van der Waals surface area (Å²) in [5, 5.41) is 0. The Morgan fingerprint density at radius 1 is 1.75 bits per heavy atom. The second kappa shape index (κ2) is 3.05. The first-order chi connectivity index (χ1) is 3.93. The fourth-order valence-corrected chi connectivity index (χ4v) is 0.443. The third kappa shape index (κ3) is 2.28. The van der Waals surface area contributed by atoms with Gasteiger partial charge in [0.2, 0.25) is 0 Å². The maximum absolute atomic E-state index is 5.09. The molecule has 0 spiro atoms. The fraction of sp³-hybridized carbons (Fsp3) is 0.833. The van der Waals surface area contributed by atoms with Gasteiger partial charge in [0.1, 0.15) is 6.61 Å². The van der Waals surface area contributed by atoms with E-state index in [2.05, 4.69) is 6.92 Å². The van der Waals surface area contributed by atoms with E-state index in [0.29, 0.717) is 0 Å². The fourth-order valence-electron chi connectivity index (χ4n) is 0.443. The average Bonchev–Trinajstić information content (AvgIpc) is 2.51. The lowest BCUT2D eigenvalue weighted by atomic mass is 10.4. The third-order valence-corrected chi connectivity index (χ3v) is 1.02. The van der Waals surface area contributed by atoms with E-state index in [1.807, 2.05) is 0 Å². The number of unbranched alkanes of at least 4 members (excludes halogenated alkanes) is 1. The summed E-state index contributed by atoms with van der Waals surface area (Å²) in [6, 6.07) is 0. The minimum absolute atomic E-state index is 0.726. The smallest absolute Gasteiger partial charge is 0.250 e. The maximum Gasteiger partial charge on any atom is 0.250 e. The van der Waals surface area contributed by atoms with Gasteiger partial charge in [-0.15, -0.1) is 0 Å². The van der Waals surface area contributed by atoms with Crippen molar-refractivity contribution in [1.82, 2.24) is 0 Å². The minimum atomic E-state index is 0.726. The molecule has 1 radical (unpaired) electrons. The van der Waals surface area contributed by atoms with Crippen LogP contribution in [-0.4, -0.2) is 13.2 Å². The molecule has 1 rings (SSSR count). The van der Waals surface area contributed by atoms with Gasteiger partial charge in [-0.1, -0.05) is 13.3 Å². The lowest BCUT2D eigenvalue weighted by molar-refractivity contribution is 0.126. The monoisotopic (exact) mass is 115 g/mol. The zero-order valence-corrected chi connectivity index (χ0v) is 5.14. The summed E-state index contributed by atoms with van der Waals surface area (Å²) in [6.07, 6.45) is 3.14. The van der Waals surface area contributed by atoms with Gasteiger partial charge in [0.05, 0.1) is 6.61 Å². The molecule has 1 aliphatic rings. The van der Waals surface area contributed by atoms with Crippen molar-refractivity contribution in [2.24, 2.45) is 0 Å². The van der Waals surface area contributed by atoms with E-state index in [1.165, 1.54) is 6.42 Å². The van der Waals surface area contributed by atoms with Crippen LogP contribution in [0.15, 0.2) is 0 Å². The first-order valence-corrected chi connectivity index (χ1v) is 3.05. The summed E-state index contributed by atoms with van der Waals surface area (Å²) in [5.41, 5.74) is 0. The summed E-state index contributed by atoms with van der Waals surface area (Å²) in [6.45, 7) is 3.69. The summed E-state index contributed by atoms with van der Waals surface area (Å²) in [5.74, 6) is 0. The third-order valence-electron chi connectivity index (χ3n) is 1.02. The molecule has 8 heavy (non-hydrogen) atoms. The summed E-state index contributed by atoms with van der Waals surface area (Å²) in [4.78, 5) is 0. The minimum Gasteiger partial charge on any atom is -0.343 e. The highest BCUT2D eigenvalue weighted by Crippen LogP contribution is 2.19. The van der Waals surface area contributed by atoms with E-state index in [0.717, 1.165) is 25.9 Å². The first-order valence-electron chi connectivity index (χ1n) is 3.05. The topological polar surface area (TPSA) is 21.8 Å². The molecule has 2 nitrogen and oxygen atoms in total. The Kier molecular flexibility index (Phi) is 2.30. The van der Waals surface area contributed by atoms with Gasteiger partial charge in [0.25, 0.3) is 6.29 Å². The molecule has 0 N–H and O–H groups in total. The Bertz CT molecular complexity index is 59.5. The summed E-state index contributed by atoms with van der Waals surface area (Å²) in [7, 11) is 0. The van der Waals surface area contributed by atoms with Crippen LogP contribution in [0.5, 0.6) is 0 Å². The summed E-state index contributed by atoms with van der Waals surface area (Å²) < 4.78 is 9.84. The van der Waals surface area contributed by atoms with E-state index in [-0.39, 0.29) is 0 Å². The van der Waals surface area contributed by atoms with Crippen molar-refractivity contribution in [3.63, 3.8) is 0 Å². The van der Waals surface area contributed by atoms with Crippen LogP contribution in [0.3, 0.4) is 0 Å². The zero-order chi connectivity index (χ0) is 5.82. The van der Waals surface area contributed by atoms with E-state index in [4.69, 9.17) is 9.47 Å². The highest BCUT2D eigenvalue weighted by Gasteiger charge is 2.25. The van der Waals surface area contributed by atoms with Crippen molar-refractivity contribution >= 4 is 0 Å². The van der Waals surface area contributed by atoms with Crippen molar-refractivity contribution in [1.29, 1.82) is 0 Å². The molecule has 0 aliphatic carbocycles. The number of ether oxygens (including phenoxy) is 2. The average molecular weight is 115 g/mol. The van der Waals surface area contributed by atoms with E-state index >= 15 is 0 Å². The van der Waals surface area contributed by atoms with Crippen LogP contribution < -0.4 is 0 Å². The van der Waals surface area contributed by atoms with E-state index in [1.54, 1.807) is 0 Å². The van der Waals surface area contributed by atoms with Crippen molar-refractivity contribution in [2.75, 3.05) is 13.2 Å². The van der Waals surface area contributed by atoms with E-state index in [9.17, 15) is 0 Å². The van der Waals surface area contributed by atoms with Gasteiger partial charge in [-0.2, -0.15) is 0 Å². The number of hydrogen-bond acceptors (Lipinski definition) is 2. The number of epoxide rings is 1. The molecular weight excluding hydrogens is 104 g/mol. The molecule has 2 heteroatoms. The Morgan fingerprint density at radius 3 is 3.00 bits per heavy atom. The molecule has 0 unspecified atom stereocenters. The molecule has 0 saturated carbocycles. The molecule has 1 fully saturated rings. The first kappa shape index (κ1) is 6.05. The van der Waals surface area contributed by atoms with Crippen LogP contribution in [-0.2, 0) is 9.47 Å². The highest BCUT2D eigenvalue weighted by atomic mass is 16.8. The normalized spacial score (nSPS) is 19.1. The molecule has 47 valence electrons. The Morgan fingerprint density at radius 2 is 2.50 bits per heavy atom. The van der Waals surface area contributed by atoms with E-state index < -0.39 is 0 Å². The largest absolute Gasteiger partial charge is 0.343 e. The molecule has 0 aromatic carbocycles. The van der Waals surface area contributed by atoms with Gasteiger partial charge >= 0.3 is 0 Å². The second-order valence-corrected chi connectivity index (χ2v) is 1.86. The quantitative estimate of drug-likeness (QED) is 0.407. The maximum atomic E-state index is 5.09. The molecule has 0 bridgehead atoms. The van der Waals surface area contributed by atoms with Crippen molar-refractivity contribution in [3.05, 3.63) is 6.29 Å². The Balaban J connectivity index is 1.74. The van der Waals surface area contributed by atoms with Crippen molar-refractivity contribution < 1.29 is 9.47 Å². The Labute approximate surface area is 49.8 Å². The highest BCUT2D eigenvalue weighted by molar-refractivity contribution is 4.77. The standard InChI is InChI=1S/C6H11O2/c1-2-3-4-7-6-5-8-6/h2-5H2,1H3. The van der Waals surface area contributed by atoms with Crippen LogP contribution in [0.25, 0.3) is 0 Å². The molecular formula is C6H11O2. The van der Waals surface area contributed by atoms with Gasteiger partial charge in [0.15, 0.2) is 0 Å². The van der Waals surface area contributed by atoms with Gasteiger partial charge in [-0.25, -0.2) is 0 Å². The molecule has 1 saturated heterocycles. The molecule has 1 heterocycles. The summed E-state index contributed by atoms with van der Waals surface area (Å²) >= 11 is 0. The van der Waals surface area contributed by atoms with Crippen LogP contribution >= 0.6 is 0 Å². The molecule has 0 aromatic rings. The number of rotatable bonds is 4. The molecule has 1 aliphatic heterocycles. The van der Waals surface area contributed by atoms with Gasteiger partial charge in [-0.05, 0) is 6.42 Å². The van der Waals surface area contributed by atoms with Gasteiger partial charge < -0.3 is 9.47 Å². The second-order valence-electron chi connectivity index (χ2n) is 1.86. The molecule has 0 aromatic heterocycles. The predicted molar refractivity (Wildman–Crippen MR) is 30.1 cm³/mol. The van der Waals surface area contributed by atoms with Crippen LogP contribution in [0.1, 0.15) is 19.8 Å². The Hall–Kier alpha value is -0.0800. The molecule has 0 amide bonds.